The maximum absolute atomic E-state index is 13.9. The first kappa shape index (κ1) is 15.9. The predicted octanol–water partition coefficient (Wildman–Crippen LogP) is 2.88. The zero-order valence-corrected chi connectivity index (χ0v) is 12.6. The standard InChI is InChI=1S/C16H22F2N2O/c1-3-8-20(12-4-6-19-7-5-12)16(21)13-9-11(2)14(17)10-15(13)18/h9-10,12,19H,3-8H2,1-2H3. The lowest BCUT2D eigenvalue weighted by Crippen LogP contribution is -2.46. The third kappa shape index (κ3) is 3.59. The molecule has 0 radical (unpaired) electrons. The molecule has 1 amide bonds. The van der Waals surface area contributed by atoms with Gasteiger partial charge < -0.3 is 10.2 Å². The van der Waals surface area contributed by atoms with Crippen LogP contribution in [0, 0.1) is 18.6 Å². The van der Waals surface area contributed by atoms with Gasteiger partial charge >= 0.3 is 0 Å². The SMILES string of the molecule is CCCN(C(=O)c1cc(C)c(F)cc1F)C1CCNCC1. The number of rotatable bonds is 4. The quantitative estimate of drug-likeness (QED) is 0.926. The number of benzene rings is 1. The zero-order chi connectivity index (χ0) is 15.4. The van der Waals surface area contributed by atoms with Crippen molar-refractivity contribution in [1.82, 2.24) is 10.2 Å². The molecule has 5 heteroatoms. The lowest BCUT2D eigenvalue weighted by molar-refractivity contribution is 0.0637. The second kappa shape index (κ2) is 6.98. The highest BCUT2D eigenvalue weighted by molar-refractivity contribution is 5.95. The summed E-state index contributed by atoms with van der Waals surface area (Å²) in [6.07, 6.45) is 2.55. The van der Waals surface area contributed by atoms with Crippen LogP contribution >= 0.6 is 0 Å². The van der Waals surface area contributed by atoms with E-state index in [2.05, 4.69) is 5.32 Å². The lowest BCUT2D eigenvalue weighted by atomic mass is 10.0. The van der Waals surface area contributed by atoms with E-state index in [0.29, 0.717) is 12.1 Å². The Hall–Kier alpha value is -1.49. The Balaban J connectivity index is 2.27. The molecule has 0 saturated carbocycles. The minimum Gasteiger partial charge on any atom is -0.335 e. The van der Waals surface area contributed by atoms with Crippen molar-refractivity contribution in [3.05, 3.63) is 34.9 Å². The molecule has 2 rings (SSSR count). The summed E-state index contributed by atoms with van der Waals surface area (Å²) in [7, 11) is 0. The molecule has 3 nitrogen and oxygen atoms in total. The fourth-order valence-corrected chi connectivity index (χ4v) is 2.79. The summed E-state index contributed by atoms with van der Waals surface area (Å²) in [5.74, 6) is -1.73. The third-order valence-electron chi connectivity index (χ3n) is 3.95. The topological polar surface area (TPSA) is 32.3 Å². The van der Waals surface area contributed by atoms with Crippen LogP contribution in [0.3, 0.4) is 0 Å². The van der Waals surface area contributed by atoms with Gasteiger partial charge in [0.25, 0.3) is 5.91 Å². The van der Waals surface area contributed by atoms with Gasteiger partial charge in [0.05, 0.1) is 5.56 Å². The fourth-order valence-electron chi connectivity index (χ4n) is 2.79. The van der Waals surface area contributed by atoms with Crippen LogP contribution in [0.2, 0.25) is 0 Å². The molecule has 1 aliphatic heterocycles. The Bertz CT molecular complexity index is 513. The van der Waals surface area contributed by atoms with Crippen LogP contribution in [-0.2, 0) is 0 Å². The van der Waals surface area contributed by atoms with Crippen LogP contribution in [0.5, 0.6) is 0 Å². The van der Waals surface area contributed by atoms with Crippen LogP contribution in [0.1, 0.15) is 42.1 Å². The first-order chi connectivity index (χ1) is 10.0. The summed E-state index contributed by atoms with van der Waals surface area (Å²) in [4.78, 5) is 14.4. The Morgan fingerprint density at radius 2 is 1.95 bits per heavy atom. The van der Waals surface area contributed by atoms with Gasteiger partial charge in [-0.2, -0.15) is 0 Å². The van der Waals surface area contributed by atoms with Gasteiger partial charge in [-0.3, -0.25) is 4.79 Å². The second-order valence-electron chi connectivity index (χ2n) is 5.56. The van der Waals surface area contributed by atoms with E-state index >= 15 is 0 Å². The van der Waals surface area contributed by atoms with E-state index in [0.717, 1.165) is 38.4 Å². The van der Waals surface area contributed by atoms with E-state index in [1.165, 1.54) is 6.07 Å². The van der Waals surface area contributed by atoms with Crippen molar-refractivity contribution in [2.45, 2.75) is 39.2 Å². The van der Waals surface area contributed by atoms with Gasteiger partial charge in [-0.15, -0.1) is 0 Å². The Morgan fingerprint density at radius 3 is 2.57 bits per heavy atom. The molecular formula is C16H22F2N2O. The molecule has 0 spiro atoms. The van der Waals surface area contributed by atoms with E-state index in [9.17, 15) is 13.6 Å². The number of nitrogens with zero attached hydrogens (tertiary/aromatic N) is 1. The molecular weight excluding hydrogens is 274 g/mol. The summed E-state index contributed by atoms with van der Waals surface area (Å²) in [5.41, 5.74) is 0.266. The summed E-state index contributed by atoms with van der Waals surface area (Å²) in [5, 5.41) is 3.26. The van der Waals surface area contributed by atoms with E-state index in [1.54, 1.807) is 11.8 Å². The van der Waals surface area contributed by atoms with E-state index in [-0.39, 0.29) is 17.5 Å². The van der Waals surface area contributed by atoms with Crippen LogP contribution in [-0.4, -0.2) is 36.5 Å². The first-order valence-corrected chi connectivity index (χ1v) is 7.52. The number of hydrogen-bond acceptors (Lipinski definition) is 2. The Labute approximate surface area is 124 Å². The molecule has 1 aromatic carbocycles. The highest BCUT2D eigenvalue weighted by atomic mass is 19.1. The molecule has 0 unspecified atom stereocenters. The number of aryl methyl sites for hydroxylation is 1. The molecule has 1 aromatic rings. The minimum atomic E-state index is -0.780. The minimum absolute atomic E-state index is 0.0270. The average molecular weight is 296 g/mol. The van der Waals surface area contributed by atoms with Crippen molar-refractivity contribution in [2.75, 3.05) is 19.6 Å². The van der Waals surface area contributed by atoms with E-state index in [4.69, 9.17) is 0 Å². The highest BCUT2D eigenvalue weighted by Crippen LogP contribution is 2.20. The monoisotopic (exact) mass is 296 g/mol. The molecule has 1 heterocycles. The summed E-state index contributed by atoms with van der Waals surface area (Å²) in [6, 6.07) is 2.25. The molecule has 1 aliphatic rings. The fraction of sp³-hybridized carbons (Fsp3) is 0.562. The van der Waals surface area contributed by atoms with Gasteiger partial charge in [0.15, 0.2) is 0 Å². The highest BCUT2D eigenvalue weighted by Gasteiger charge is 2.27. The molecule has 0 atom stereocenters. The number of nitrogens with one attached hydrogen (secondary N) is 1. The van der Waals surface area contributed by atoms with Gasteiger partial charge in [0.2, 0.25) is 0 Å². The van der Waals surface area contributed by atoms with E-state index < -0.39 is 11.6 Å². The van der Waals surface area contributed by atoms with Crippen molar-refractivity contribution in [1.29, 1.82) is 0 Å². The average Bonchev–Trinajstić information content (AvgIpc) is 2.49. The Morgan fingerprint density at radius 1 is 1.29 bits per heavy atom. The zero-order valence-electron chi connectivity index (χ0n) is 12.6. The molecule has 116 valence electrons. The largest absolute Gasteiger partial charge is 0.335 e. The normalized spacial score (nSPS) is 16.0. The van der Waals surface area contributed by atoms with Crippen molar-refractivity contribution >= 4 is 5.91 Å². The summed E-state index contributed by atoms with van der Waals surface area (Å²) >= 11 is 0. The van der Waals surface area contributed by atoms with Gasteiger partial charge in [-0.1, -0.05) is 6.92 Å². The molecule has 0 bridgehead atoms. The number of hydrogen-bond donors (Lipinski definition) is 1. The Kier molecular flexibility index (Phi) is 5.28. The molecule has 1 N–H and O–H groups in total. The lowest BCUT2D eigenvalue weighted by Gasteiger charge is -2.34. The number of carbonyl (C=O) groups is 1. The molecule has 1 saturated heterocycles. The number of amides is 1. The third-order valence-corrected chi connectivity index (χ3v) is 3.95. The predicted molar refractivity (Wildman–Crippen MR) is 78.3 cm³/mol. The first-order valence-electron chi connectivity index (χ1n) is 7.52. The summed E-state index contributed by atoms with van der Waals surface area (Å²) in [6.45, 7) is 5.86. The maximum atomic E-state index is 13.9. The van der Waals surface area contributed by atoms with Crippen LogP contribution in [0.4, 0.5) is 8.78 Å². The van der Waals surface area contributed by atoms with Gasteiger partial charge in [-0.05, 0) is 50.9 Å². The van der Waals surface area contributed by atoms with Gasteiger partial charge in [0, 0.05) is 18.7 Å². The molecule has 1 fully saturated rings. The summed E-state index contributed by atoms with van der Waals surface area (Å²) < 4.78 is 27.3. The molecule has 0 aromatic heterocycles. The number of halogens is 2. The van der Waals surface area contributed by atoms with Crippen molar-refractivity contribution in [3.8, 4) is 0 Å². The van der Waals surface area contributed by atoms with Gasteiger partial charge in [0.1, 0.15) is 11.6 Å². The number of carbonyl (C=O) groups excluding carboxylic acids is 1. The van der Waals surface area contributed by atoms with Gasteiger partial charge in [-0.25, -0.2) is 8.78 Å². The van der Waals surface area contributed by atoms with Crippen molar-refractivity contribution in [3.63, 3.8) is 0 Å². The van der Waals surface area contributed by atoms with Crippen molar-refractivity contribution < 1.29 is 13.6 Å². The maximum Gasteiger partial charge on any atom is 0.257 e. The number of piperidine rings is 1. The van der Waals surface area contributed by atoms with Crippen LogP contribution < -0.4 is 5.32 Å². The smallest absolute Gasteiger partial charge is 0.257 e. The molecule has 0 aliphatic carbocycles. The van der Waals surface area contributed by atoms with Crippen molar-refractivity contribution in [2.24, 2.45) is 0 Å². The van der Waals surface area contributed by atoms with Crippen LogP contribution in [0.25, 0.3) is 0 Å². The second-order valence-corrected chi connectivity index (χ2v) is 5.56. The van der Waals surface area contributed by atoms with Crippen LogP contribution in [0.15, 0.2) is 12.1 Å². The molecule has 21 heavy (non-hydrogen) atoms. The van der Waals surface area contributed by atoms with E-state index in [1.807, 2.05) is 6.92 Å².